The number of para-hydroxylation sites is 1. The highest BCUT2D eigenvalue weighted by molar-refractivity contribution is 7.92. The molecule has 0 saturated carbocycles. The summed E-state index contributed by atoms with van der Waals surface area (Å²) in [5, 5.41) is 0. The van der Waals surface area contributed by atoms with Gasteiger partial charge in [0.1, 0.15) is 0 Å². The number of primary amides is 1. The van der Waals surface area contributed by atoms with Gasteiger partial charge in [-0.3, -0.25) is 9.52 Å². The van der Waals surface area contributed by atoms with Crippen molar-refractivity contribution in [3.63, 3.8) is 0 Å². The Kier molecular flexibility index (Phi) is 5.05. The van der Waals surface area contributed by atoms with Crippen LogP contribution in [0.25, 0.3) is 0 Å². The molecule has 2 aromatic carbocycles. The Hall–Kier alpha value is -2.34. The topological polar surface area (TPSA) is 89.3 Å². The van der Waals surface area contributed by atoms with Crippen LogP contribution in [0.2, 0.25) is 0 Å². The van der Waals surface area contributed by atoms with Crippen molar-refractivity contribution in [2.24, 2.45) is 5.73 Å². The highest BCUT2D eigenvalue weighted by Gasteiger charge is 2.17. The quantitative estimate of drug-likeness (QED) is 0.852. The van der Waals surface area contributed by atoms with E-state index in [0.29, 0.717) is 5.92 Å². The Bertz CT molecular complexity index is 799. The van der Waals surface area contributed by atoms with Crippen LogP contribution in [0.15, 0.2) is 53.4 Å². The predicted molar refractivity (Wildman–Crippen MR) is 90.9 cm³/mol. The van der Waals surface area contributed by atoms with Gasteiger partial charge in [0.15, 0.2) is 0 Å². The summed E-state index contributed by atoms with van der Waals surface area (Å²) in [6, 6.07) is 13.0. The zero-order valence-electron chi connectivity index (χ0n) is 13.1. The third kappa shape index (κ3) is 3.90. The largest absolute Gasteiger partial charge is 0.366 e. The lowest BCUT2D eigenvalue weighted by Gasteiger charge is -2.12. The number of carbonyl (C=O) groups is 1. The number of nitrogens with two attached hydrogens (primary N) is 1. The second-order valence-corrected chi connectivity index (χ2v) is 7.08. The van der Waals surface area contributed by atoms with E-state index in [1.54, 1.807) is 24.3 Å². The minimum atomic E-state index is -3.78. The number of rotatable bonds is 6. The molecule has 1 atom stereocenters. The van der Waals surface area contributed by atoms with Crippen LogP contribution in [0.3, 0.4) is 0 Å². The molecule has 3 N–H and O–H groups in total. The zero-order chi connectivity index (χ0) is 17.0. The Balaban J connectivity index is 2.31. The Morgan fingerprint density at radius 1 is 1.13 bits per heavy atom. The molecule has 0 aromatic heterocycles. The molecule has 1 unspecified atom stereocenters. The van der Waals surface area contributed by atoms with E-state index < -0.39 is 15.9 Å². The highest BCUT2D eigenvalue weighted by atomic mass is 32.2. The van der Waals surface area contributed by atoms with Crippen molar-refractivity contribution in [3.05, 3.63) is 59.7 Å². The molecule has 0 bridgehead atoms. The van der Waals surface area contributed by atoms with E-state index in [9.17, 15) is 13.2 Å². The van der Waals surface area contributed by atoms with Gasteiger partial charge in [-0.15, -0.1) is 0 Å². The minimum absolute atomic E-state index is 0.132. The van der Waals surface area contributed by atoms with Crippen molar-refractivity contribution in [2.45, 2.75) is 31.1 Å². The van der Waals surface area contributed by atoms with Crippen molar-refractivity contribution < 1.29 is 13.2 Å². The maximum atomic E-state index is 12.5. The van der Waals surface area contributed by atoms with Gasteiger partial charge in [-0.25, -0.2) is 8.42 Å². The maximum Gasteiger partial charge on any atom is 0.261 e. The monoisotopic (exact) mass is 332 g/mol. The minimum Gasteiger partial charge on any atom is -0.366 e. The molecule has 0 saturated heterocycles. The molecule has 5 nitrogen and oxygen atoms in total. The van der Waals surface area contributed by atoms with Crippen molar-refractivity contribution in [1.82, 2.24) is 0 Å². The van der Waals surface area contributed by atoms with Crippen molar-refractivity contribution >= 4 is 21.6 Å². The van der Waals surface area contributed by atoms with Gasteiger partial charge in [0.2, 0.25) is 0 Å². The van der Waals surface area contributed by atoms with Crippen LogP contribution in [0.4, 0.5) is 5.69 Å². The second kappa shape index (κ2) is 6.83. The zero-order valence-corrected chi connectivity index (χ0v) is 13.9. The van der Waals surface area contributed by atoms with Crippen LogP contribution < -0.4 is 10.5 Å². The SMILES string of the molecule is CCC(C)c1ccc(S(=O)(=O)Nc2ccccc2C(N)=O)cc1. The molecule has 0 radical (unpaired) electrons. The summed E-state index contributed by atoms with van der Waals surface area (Å²) in [6.45, 7) is 4.17. The molecule has 0 aliphatic rings. The van der Waals surface area contributed by atoms with E-state index in [2.05, 4.69) is 18.6 Å². The summed E-state index contributed by atoms with van der Waals surface area (Å²) >= 11 is 0. The number of anilines is 1. The molecule has 0 aliphatic carbocycles. The van der Waals surface area contributed by atoms with Gasteiger partial charge in [-0.05, 0) is 42.2 Å². The first-order chi connectivity index (χ1) is 10.8. The van der Waals surface area contributed by atoms with Gasteiger partial charge < -0.3 is 5.73 Å². The van der Waals surface area contributed by atoms with E-state index in [-0.39, 0.29) is 16.1 Å². The smallest absolute Gasteiger partial charge is 0.261 e. The number of hydrogen-bond acceptors (Lipinski definition) is 3. The first-order valence-electron chi connectivity index (χ1n) is 7.36. The molecule has 2 rings (SSSR count). The number of carbonyl (C=O) groups excluding carboxylic acids is 1. The lowest BCUT2D eigenvalue weighted by Crippen LogP contribution is -2.18. The van der Waals surface area contributed by atoms with Gasteiger partial charge >= 0.3 is 0 Å². The summed E-state index contributed by atoms with van der Waals surface area (Å²) in [5.41, 5.74) is 6.66. The van der Waals surface area contributed by atoms with Gasteiger partial charge in [0.05, 0.1) is 16.1 Å². The second-order valence-electron chi connectivity index (χ2n) is 5.39. The molecule has 0 fully saturated rings. The third-order valence-electron chi connectivity index (χ3n) is 3.81. The fourth-order valence-electron chi connectivity index (χ4n) is 2.20. The van der Waals surface area contributed by atoms with Crippen molar-refractivity contribution in [1.29, 1.82) is 0 Å². The van der Waals surface area contributed by atoms with Gasteiger partial charge in [0.25, 0.3) is 15.9 Å². The van der Waals surface area contributed by atoms with E-state index in [4.69, 9.17) is 5.73 Å². The lowest BCUT2D eigenvalue weighted by molar-refractivity contribution is 0.100. The summed E-state index contributed by atoms with van der Waals surface area (Å²) in [4.78, 5) is 11.5. The lowest BCUT2D eigenvalue weighted by atomic mass is 9.99. The van der Waals surface area contributed by atoms with Crippen LogP contribution in [-0.2, 0) is 10.0 Å². The van der Waals surface area contributed by atoms with Gasteiger partial charge in [-0.2, -0.15) is 0 Å². The molecule has 1 amide bonds. The summed E-state index contributed by atoms with van der Waals surface area (Å²) < 4.78 is 27.3. The number of nitrogens with one attached hydrogen (secondary N) is 1. The first-order valence-corrected chi connectivity index (χ1v) is 8.85. The molecule has 0 heterocycles. The molecule has 0 spiro atoms. The fraction of sp³-hybridized carbons (Fsp3) is 0.235. The van der Waals surface area contributed by atoms with Crippen LogP contribution in [0.5, 0.6) is 0 Å². The van der Waals surface area contributed by atoms with Gasteiger partial charge in [0, 0.05) is 0 Å². The van der Waals surface area contributed by atoms with Crippen molar-refractivity contribution in [3.8, 4) is 0 Å². The fourth-order valence-corrected chi connectivity index (χ4v) is 3.28. The van der Waals surface area contributed by atoms with Crippen LogP contribution in [0, 0.1) is 0 Å². The average Bonchev–Trinajstić information content (AvgIpc) is 2.54. The van der Waals surface area contributed by atoms with E-state index in [1.165, 1.54) is 12.1 Å². The van der Waals surface area contributed by atoms with Gasteiger partial charge in [-0.1, -0.05) is 38.1 Å². The Labute approximate surface area is 136 Å². The number of amides is 1. The number of sulfonamides is 1. The normalized spacial score (nSPS) is 12.6. The van der Waals surface area contributed by atoms with E-state index in [0.717, 1.165) is 12.0 Å². The average molecular weight is 332 g/mol. The molecule has 0 aliphatic heterocycles. The maximum absolute atomic E-state index is 12.5. The van der Waals surface area contributed by atoms with Crippen molar-refractivity contribution in [2.75, 3.05) is 4.72 Å². The molecule has 2 aromatic rings. The Morgan fingerprint density at radius 3 is 2.30 bits per heavy atom. The predicted octanol–water partition coefficient (Wildman–Crippen LogP) is 3.10. The van der Waals surface area contributed by atoms with Crippen LogP contribution in [0.1, 0.15) is 42.1 Å². The van der Waals surface area contributed by atoms with Crippen LogP contribution >= 0.6 is 0 Å². The molecule has 23 heavy (non-hydrogen) atoms. The highest BCUT2D eigenvalue weighted by Crippen LogP contribution is 2.23. The van der Waals surface area contributed by atoms with E-state index >= 15 is 0 Å². The molecule has 6 heteroatoms. The molecule has 122 valence electrons. The molecular weight excluding hydrogens is 312 g/mol. The van der Waals surface area contributed by atoms with Crippen LogP contribution in [-0.4, -0.2) is 14.3 Å². The summed E-state index contributed by atoms with van der Waals surface area (Å²) in [6.07, 6.45) is 0.982. The first kappa shape index (κ1) is 17.0. The summed E-state index contributed by atoms with van der Waals surface area (Å²) in [5.74, 6) is -0.314. The Morgan fingerprint density at radius 2 is 1.74 bits per heavy atom. The number of hydrogen-bond donors (Lipinski definition) is 2. The number of benzene rings is 2. The van der Waals surface area contributed by atoms with E-state index in [1.807, 2.05) is 12.1 Å². The summed E-state index contributed by atoms with van der Waals surface area (Å²) in [7, 11) is -3.78. The standard InChI is InChI=1S/C17H20N2O3S/c1-3-12(2)13-8-10-14(11-9-13)23(21,22)19-16-7-5-4-6-15(16)17(18)20/h4-12,19H,3H2,1-2H3,(H2,18,20). The molecular formula is C17H20N2O3S. The third-order valence-corrected chi connectivity index (χ3v) is 5.19.